The van der Waals surface area contributed by atoms with Crippen LogP contribution in [0.5, 0.6) is 0 Å². The topological polar surface area (TPSA) is 0 Å². The van der Waals surface area contributed by atoms with Gasteiger partial charge in [-0.25, -0.2) is 43.8 Å². The van der Waals surface area contributed by atoms with Crippen LogP contribution in [-0.2, 0) is 18.6 Å². The zero-order valence-electron chi connectivity index (χ0n) is 8.21. The number of allylic oxidation sites excluding steroid dienone is 1. The van der Waals surface area contributed by atoms with E-state index in [2.05, 4.69) is 13.5 Å². The van der Waals surface area contributed by atoms with E-state index in [1.807, 2.05) is 60.7 Å². The number of rotatable bonds is 0. The van der Waals surface area contributed by atoms with Crippen molar-refractivity contribution in [3.63, 3.8) is 0 Å². The molecule has 0 amide bonds. The largest absolute Gasteiger partial charge is 0.245 e. The van der Waals surface area contributed by atoms with Gasteiger partial charge in [0.25, 0.3) is 0 Å². The standard InChI is InChI=1S/2C5H5.C3H5.V/c2*1-2-4-5-3-1;1-3-2;/h2*1-5H;3H,1-2H2;/q3*-1;. The SMILES string of the molecule is C=C[CH2-].[V].c1cc[cH-]c1.c1cc[cH-]c1. The molecule has 0 aliphatic heterocycles. The fourth-order valence-electron chi connectivity index (χ4n) is 0.642. The molecule has 0 bridgehead atoms. The van der Waals surface area contributed by atoms with E-state index in [0.29, 0.717) is 0 Å². The molecule has 75 valence electrons. The van der Waals surface area contributed by atoms with Crippen LogP contribution in [0.15, 0.2) is 73.3 Å². The molecule has 0 atom stereocenters. The van der Waals surface area contributed by atoms with E-state index in [1.165, 1.54) is 6.08 Å². The summed E-state index contributed by atoms with van der Waals surface area (Å²) in [5.74, 6) is 0. The Bertz CT molecular complexity index is 180. The summed E-state index contributed by atoms with van der Waals surface area (Å²) in [5.41, 5.74) is 0. The van der Waals surface area contributed by atoms with Crippen molar-refractivity contribution in [2.45, 2.75) is 0 Å². The van der Waals surface area contributed by atoms with Crippen LogP contribution < -0.4 is 0 Å². The van der Waals surface area contributed by atoms with E-state index in [9.17, 15) is 0 Å². The van der Waals surface area contributed by atoms with Gasteiger partial charge in [0, 0.05) is 18.6 Å². The predicted octanol–water partition coefficient (Wildman–Crippen LogP) is 3.81. The van der Waals surface area contributed by atoms with Crippen molar-refractivity contribution in [2.24, 2.45) is 0 Å². The van der Waals surface area contributed by atoms with E-state index < -0.39 is 0 Å². The first-order valence-electron chi connectivity index (χ1n) is 4.15. The molecule has 0 aromatic heterocycles. The third-order valence-corrected chi connectivity index (χ3v) is 1.11. The summed E-state index contributed by atoms with van der Waals surface area (Å²) < 4.78 is 0. The molecular weight excluding hydrogens is 207 g/mol. The van der Waals surface area contributed by atoms with Crippen molar-refractivity contribution in [3.05, 3.63) is 80.2 Å². The average molecular weight is 222 g/mol. The summed E-state index contributed by atoms with van der Waals surface area (Å²) in [4.78, 5) is 0. The molecule has 0 nitrogen and oxygen atoms in total. The minimum absolute atomic E-state index is 0. The summed E-state index contributed by atoms with van der Waals surface area (Å²) >= 11 is 0. The Labute approximate surface area is 98.9 Å². The van der Waals surface area contributed by atoms with Gasteiger partial charge >= 0.3 is 0 Å². The Kier molecular flexibility index (Phi) is 15.8. The van der Waals surface area contributed by atoms with Crippen molar-refractivity contribution in [1.29, 1.82) is 0 Å². The van der Waals surface area contributed by atoms with Gasteiger partial charge in [0.1, 0.15) is 0 Å². The first-order valence-corrected chi connectivity index (χ1v) is 4.15. The van der Waals surface area contributed by atoms with Crippen LogP contribution in [0.25, 0.3) is 0 Å². The van der Waals surface area contributed by atoms with Gasteiger partial charge in [-0.15, -0.1) is 0 Å². The normalized spacial score (nSPS) is 6.57. The first kappa shape index (κ1) is 15.4. The van der Waals surface area contributed by atoms with Crippen molar-refractivity contribution in [3.8, 4) is 0 Å². The maximum absolute atomic E-state index is 3.25. The summed E-state index contributed by atoms with van der Waals surface area (Å²) in [6.07, 6.45) is 1.50. The zero-order valence-corrected chi connectivity index (χ0v) is 9.61. The summed E-state index contributed by atoms with van der Waals surface area (Å²) in [5, 5.41) is 0. The third kappa shape index (κ3) is 13.5. The van der Waals surface area contributed by atoms with Crippen LogP contribution in [-0.4, -0.2) is 0 Å². The molecule has 0 spiro atoms. The van der Waals surface area contributed by atoms with Crippen LogP contribution in [0.3, 0.4) is 0 Å². The van der Waals surface area contributed by atoms with Crippen LogP contribution in [0.1, 0.15) is 0 Å². The molecule has 2 rings (SSSR count). The molecule has 0 N–H and O–H groups in total. The molecule has 1 heteroatoms. The molecule has 2 aromatic rings. The molecule has 2 aromatic carbocycles. The van der Waals surface area contributed by atoms with Gasteiger partial charge in [0.05, 0.1) is 0 Å². The van der Waals surface area contributed by atoms with Crippen LogP contribution in [0, 0.1) is 6.92 Å². The molecule has 0 saturated heterocycles. The molecule has 14 heavy (non-hydrogen) atoms. The van der Waals surface area contributed by atoms with E-state index >= 15 is 0 Å². The van der Waals surface area contributed by atoms with Gasteiger partial charge in [0.15, 0.2) is 0 Å². The minimum Gasteiger partial charge on any atom is -0.245 e. The molecule has 0 saturated carbocycles. The fourth-order valence-corrected chi connectivity index (χ4v) is 0.642. The van der Waals surface area contributed by atoms with Crippen LogP contribution >= 0.6 is 0 Å². The van der Waals surface area contributed by atoms with Crippen LogP contribution in [0.2, 0.25) is 0 Å². The Morgan fingerprint density at radius 2 is 1.07 bits per heavy atom. The van der Waals surface area contributed by atoms with Crippen molar-refractivity contribution >= 4 is 0 Å². The smallest absolute Gasteiger partial charge is 0 e. The van der Waals surface area contributed by atoms with Gasteiger partial charge in [-0.3, -0.25) is 0 Å². The van der Waals surface area contributed by atoms with E-state index in [0.717, 1.165) is 0 Å². The number of hydrogen-bond donors (Lipinski definition) is 0. The van der Waals surface area contributed by atoms with Gasteiger partial charge in [0.2, 0.25) is 0 Å². The molecule has 1 radical (unpaired) electrons. The van der Waals surface area contributed by atoms with Gasteiger partial charge in [-0.2, -0.15) is 36.4 Å². The maximum atomic E-state index is 3.25. The monoisotopic (exact) mass is 222 g/mol. The summed E-state index contributed by atoms with van der Waals surface area (Å²) in [6, 6.07) is 20.0. The van der Waals surface area contributed by atoms with Crippen molar-refractivity contribution in [1.82, 2.24) is 0 Å². The Balaban J connectivity index is 0. The van der Waals surface area contributed by atoms with E-state index in [-0.39, 0.29) is 18.6 Å². The molecule has 0 fully saturated rings. The molecule has 0 heterocycles. The predicted molar refractivity (Wildman–Crippen MR) is 59.6 cm³/mol. The Hall–Kier alpha value is -1.11. The minimum atomic E-state index is 0. The number of hydrogen-bond acceptors (Lipinski definition) is 0. The van der Waals surface area contributed by atoms with E-state index in [4.69, 9.17) is 0 Å². The van der Waals surface area contributed by atoms with Gasteiger partial charge < -0.3 is 0 Å². The summed E-state index contributed by atoms with van der Waals surface area (Å²) in [7, 11) is 0. The van der Waals surface area contributed by atoms with Crippen molar-refractivity contribution in [2.75, 3.05) is 0 Å². The molecular formula is C13H15V-3. The second kappa shape index (κ2) is 14.4. The Morgan fingerprint density at radius 1 is 0.857 bits per heavy atom. The molecule has 0 aliphatic carbocycles. The van der Waals surface area contributed by atoms with Crippen LogP contribution in [0.4, 0.5) is 0 Å². The fraction of sp³-hybridized carbons (Fsp3) is 0. The second-order valence-electron chi connectivity index (χ2n) is 2.21. The molecule has 0 unspecified atom stereocenters. The van der Waals surface area contributed by atoms with Crippen molar-refractivity contribution < 1.29 is 18.6 Å². The second-order valence-corrected chi connectivity index (χ2v) is 2.21. The Morgan fingerprint density at radius 3 is 1.14 bits per heavy atom. The maximum Gasteiger partial charge on any atom is 0 e. The average Bonchev–Trinajstić information content (AvgIpc) is 2.85. The third-order valence-electron chi connectivity index (χ3n) is 1.11. The molecule has 0 aliphatic rings. The zero-order chi connectivity index (χ0) is 9.78. The quantitative estimate of drug-likeness (QED) is 0.594. The summed E-state index contributed by atoms with van der Waals surface area (Å²) in [6.45, 7) is 6.50. The van der Waals surface area contributed by atoms with E-state index in [1.54, 1.807) is 0 Å². The van der Waals surface area contributed by atoms with Gasteiger partial charge in [-0.1, -0.05) is 0 Å². The first-order chi connectivity index (χ1) is 6.41. The van der Waals surface area contributed by atoms with Gasteiger partial charge in [-0.05, 0) is 0 Å².